The molecule has 0 fully saturated rings. The molecular weight excluding hydrogens is 260 g/mol. The zero-order chi connectivity index (χ0) is 13.2. The summed E-state index contributed by atoms with van der Waals surface area (Å²) in [7, 11) is -3.93. The molecule has 0 saturated heterocycles. The summed E-state index contributed by atoms with van der Waals surface area (Å²) in [5.74, 6) is -1.01. The minimum absolute atomic E-state index is 0.191. The molecule has 1 N–H and O–H groups in total. The maximum atomic E-state index is 11.5. The van der Waals surface area contributed by atoms with Gasteiger partial charge in [0, 0.05) is 6.20 Å². The van der Waals surface area contributed by atoms with Crippen molar-refractivity contribution in [2.45, 2.75) is 0 Å². The Balaban J connectivity index is 2.12. The summed E-state index contributed by atoms with van der Waals surface area (Å²) in [5.41, 5.74) is -0.514. The molecule has 0 unspecified atom stereocenters. The Morgan fingerprint density at radius 1 is 1.44 bits per heavy atom. The molecule has 0 bridgehead atoms. The molecule has 0 spiro atoms. The topological polar surface area (TPSA) is 106 Å². The van der Waals surface area contributed by atoms with Gasteiger partial charge in [0.15, 0.2) is 5.71 Å². The van der Waals surface area contributed by atoms with Crippen LogP contribution in [0.5, 0.6) is 5.75 Å². The molecule has 0 aromatic carbocycles. The van der Waals surface area contributed by atoms with Gasteiger partial charge in [-0.25, -0.2) is 4.79 Å². The number of carboxylic acid groups (broad SMARTS) is 1. The lowest BCUT2D eigenvalue weighted by Crippen LogP contribution is -2.07. The fourth-order valence-corrected chi connectivity index (χ4v) is 2.22. The second kappa shape index (κ2) is 4.57. The third kappa shape index (κ3) is 2.54. The molecule has 1 aromatic heterocycles. The molecule has 7 nitrogen and oxygen atoms in total. The number of hydrogen-bond donors (Lipinski definition) is 1. The molecule has 94 valence electrons. The highest BCUT2D eigenvalue weighted by atomic mass is 32.2. The smallest absolute Gasteiger partial charge is 0.355 e. The Kier molecular flexibility index (Phi) is 3.11. The van der Waals surface area contributed by atoms with Gasteiger partial charge in [-0.2, -0.15) is 12.8 Å². The molecule has 1 aliphatic rings. The van der Waals surface area contributed by atoms with E-state index in [1.54, 1.807) is 18.3 Å². The quantitative estimate of drug-likeness (QED) is 0.836. The predicted molar refractivity (Wildman–Crippen MR) is 61.8 cm³/mol. The van der Waals surface area contributed by atoms with E-state index in [1.807, 2.05) is 0 Å². The Bertz CT molecular complexity index is 633. The number of aliphatic carboxylic acids is 1. The van der Waals surface area contributed by atoms with Crippen molar-refractivity contribution in [2.24, 2.45) is 4.40 Å². The second-order valence-corrected chi connectivity index (χ2v) is 5.00. The van der Waals surface area contributed by atoms with E-state index >= 15 is 0 Å². The summed E-state index contributed by atoms with van der Waals surface area (Å²) in [5, 5.41) is 8.66. The lowest BCUT2D eigenvalue weighted by Gasteiger charge is -2.04. The predicted octanol–water partition coefficient (Wildman–Crippen LogP) is 0.213. The van der Waals surface area contributed by atoms with Crippen molar-refractivity contribution >= 4 is 21.7 Å². The summed E-state index contributed by atoms with van der Waals surface area (Å²) < 4.78 is 31.3. The molecule has 0 aliphatic carbocycles. The van der Waals surface area contributed by atoms with Gasteiger partial charge >= 0.3 is 5.97 Å². The van der Waals surface area contributed by atoms with E-state index in [-0.39, 0.29) is 11.5 Å². The van der Waals surface area contributed by atoms with Crippen LogP contribution in [0, 0.1) is 0 Å². The van der Waals surface area contributed by atoms with Crippen LogP contribution in [0.1, 0.15) is 0 Å². The number of ether oxygens (including phenoxy) is 1. The minimum atomic E-state index is -3.93. The van der Waals surface area contributed by atoms with E-state index in [1.165, 1.54) is 6.20 Å². The van der Waals surface area contributed by atoms with Gasteiger partial charge in [-0.3, -0.25) is 4.98 Å². The van der Waals surface area contributed by atoms with Crippen molar-refractivity contribution in [2.75, 3.05) is 6.61 Å². The van der Waals surface area contributed by atoms with Crippen molar-refractivity contribution in [3.8, 4) is 5.75 Å². The van der Waals surface area contributed by atoms with Gasteiger partial charge in [0.25, 0.3) is 10.0 Å². The van der Waals surface area contributed by atoms with Crippen LogP contribution in [-0.4, -0.2) is 36.8 Å². The first-order valence-electron chi connectivity index (χ1n) is 4.81. The molecule has 18 heavy (non-hydrogen) atoms. The van der Waals surface area contributed by atoms with E-state index in [4.69, 9.17) is 9.84 Å². The van der Waals surface area contributed by atoms with Crippen LogP contribution in [0.25, 0.3) is 0 Å². The molecule has 2 heterocycles. The molecule has 0 amide bonds. The molecule has 1 aliphatic heterocycles. The molecule has 0 atom stereocenters. The fraction of sp³-hybridized carbons (Fsp3) is 0.100. The van der Waals surface area contributed by atoms with Gasteiger partial charge in [-0.05, 0) is 18.2 Å². The van der Waals surface area contributed by atoms with Gasteiger partial charge < -0.3 is 9.84 Å². The van der Waals surface area contributed by atoms with Gasteiger partial charge in [0.1, 0.15) is 17.3 Å². The van der Waals surface area contributed by atoms with E-state index in [0.717, 1.165) is 6.08 Å². The van der Waals surface area contributed by atoms with Crippen LogP contribution >= 0.6 is 0 Å². The van der Waals surface area contributed by atoms with E-state index < -0.39 is 21.7 Å². The Morgan fingerprint density at radius 2 is 2.22 bits per heavy atom. The van der Waals surface area contributed by atoms with E-state index in [9.17, 15) is 13.2 Å². The van der Waals surface area contributed by atoms with Crippen LogP contribution in [0.3, 0.4) is 0 Å². The van der Waals surface area contributed by atoms with E-state index in [2.05, 4.69) is 9.38 Å². The van der Waals surface area contributed by atoms with Crippen LogP contribution in [0.15, 0.2) is 39.9 Å². The lowest BCUT2D eigenvalue weighted by molar-refractivity contribution is -0.129. The third-order valence-electron chi connectivity index (χ3n) is 2.08. The Hall–Kier alpha value is -2.22. The number of carbonyl (C=O) groups is 1. The first-order valence-corrected chi connectivity index (χ1v) is 6.25. The van der Waals surface area contributed by atoms with Crippen molar-refractivity contribution in [3.63, 3.8) is 0 Å². The molecule has 1 aromatic rings. The standard InChI is InChI=1S/C10H8N2O5S/c13-10(14)9-4-8(18(15,16)12-9)6-17-7-2-1-3-11-5-7/h1-5H,6H2,(H,13,14). The maximum Gasteiger partial charge on any atom is 0.355 e. The van der Waals surface area contributed by atoms with Crippen LogP contribution in [0.2, 0.25) is 0 Å². The highest BCUT2D eigenvalue weighted by Gasteiger charge is 2.28. The van der Waals surface area contributed by atoms with Crippen LogP contribution < -0.4 is 4.74 Å². The Morgan fingerprint density at radius 3 is 2.78 bits per heavy atom. The molecule has 0 saturated carbocycles. The van der Waals surface area contributed by atoms with Crippen molar-refractivity contribution < 1.29 is 23.1 Å². The number of sulfonamides is 1. The summed E-state index contributed by atoms with van der Waals surface area (Å²) in [6, 6.07) is 3.24. The summed E-state index contributed by atoms with van der Waals surface area (Å²) in [4.78, 5) is 14.2. The number of aromatic nitrogens is 1. The number of carboxylic acids is 1. The van der Waals surface area contributed by atoms with Gasteiger partial charge in [-0.1, -0.05) is 0 Å². The van der Waals surface area contributed by atoms with Gasteiger partial charge in [-0.15, -0.1) is 0 Å². The average molecular weight is 268 g/mol. The average Bonchev–Trinajstić information content (AvgIpc) is 2.64. The van der Waals surface area contributed by atoms with Crippen LogP contribution in [-0.2, 0) is 14.8 Å². The molecule has 8 heteroatoms. The summed E-state index contributed by atoms with van der Waals surface area (Å²) >= 11 is 0. The number of hydrogen-bond acceptors (Lipinski definition) is 5. The van der Waals surface area contributed by atoms with Crippen molar-refractivity contribution in [1.29, 1.82) is 0 Å². The monoisotopic (exact) mass is 268 g/mol. The maximum absolute atomic E-state index is 11.5. The first-order chi connectivity index (χ1) is 8.49. The number of pyridine rings is 1. The molecular formula is C10H8N2O5S. The fourth-order valence-electron chi connectivity index (χ4n) is 1.25. The zero-order valence-corrected chi connectivity index (χ0v) is 9.79. The van der Waals surface area contributed by atoms with Crippen LogP contribution in [0.4, 0.5) is 0 Å². The highest BCUT2D eigenvalue weighted by Crippen LogP contribution is 2.18. The largest absolute Gasteiger partial charge is 0.486 e. The minimum Gasteiger partial charge on any atom is -0.486 e. The van der Waals surface area contributed by atoms with Crippen molar-refractivity contribution in [3.05, 3.63) is 35.5 Å². The summed E-state index contributed by atoms with van der Waals surface area (Å²) in [6.45, 7) is -0.283. The molecule has 2 rings (SSSR count). The number of nitrogens with zero attached hydrogens (tertiary/aromatic N) is 2. The van der Waals surface area contributed by atoms with E-state index in [0.29, 0.717) is 5.75 Å². The number of rotatable bonds is 4. The van der Waals surface area contributed by atoms with Gasteiger partial charge in [0.05, 0.1) is 6.20 Å². The second-order valence-electron chi connectivity index (χ2n) is 3.34. The molecule has 0 radical (unpaired) electrons. The normalized spacial score (nSPS) is 16.9. The Labute approximate surface area is 103 Å². The third-order valence-corrected chi connectivity index (χ3v) is 3.42. The highest BCUT2D eigenvalue weighted by molar-refractivity contribution is 7.94. The zero-order valence-electron chi connectivity index (χ0n) is 8.98. The van der Waals surface area contributed by atoms with Gasteiger partial charge in [0.2, 0.25) is 0 Å². The van der Waals surface area contributed by atoms with Crippen molar-refractivity contribution in [1.82, 2.24) is 4.98 Å². The lowest BCUT2D eigenvalue weighted by atomic mass is 10.3. The summed E-state index contributed by atoms with van der Waals surface area (Å²) in [6.07, 6.45) is 3.94. The SMILES string of the molecule is O=C(O)C1=NS(=O)(=O)C(COc2cccnc2)=C1. The first kappa shape index (κ1) is 12.2.